The van der Waals surface area contributed by atoms with Crippen LogP contribution in [0.15, 0.2) is 18.2 Å². The molecule has 0 aliphatic heterocycles. The summed E-state index contributed by atoms with van der Waals surface area (Å²) in [6.45, 7) is 4.67. The summed E-state index contributed by atoms with van der Waals surface area (Å²) < 4.78 is 50.5. The highest BCUT2D eigenvalue weighted by Crippen LogP contribution is 2.33. The van der Waals surface area contributed by atoms with Gasteiger partial charge in [0.25, 0.3) is 0 Å². The molecule has 0 aromatic heterocycles. The van der Waals surface area contributed by atoms with Crippen molar-refractivity contribution < 1.29 is 22.7 Å². The molecule has 18 heavy (non-hydrogen) atoms. The minimum absolute atomic E-state index is 0.110. The Labute approximate surface area is 103 Å². The molecule has 0 saturated heterocycles. The summed E-state index contributed by atoms with van der Waals surface area (Å²) in [5, 5.41) is 12.4. The van der Waals surface area contributed by atoms with Crippen LogP contribution < -0.4 is 5.32 Å². The van der Waals surface area contributed by atoms with Crippen molar-refractivity contribution in [3.63, 3.8) is 0 Å². The van der Waals surface area contributed by atoms with Gasteiger partial charge in [0.15, 0.2) is 0 Å². The molecule has 0 radical (unpaired) electrons. The maximum absolute atomic E-state index is 13.0. The van der Waals surface area contributed by atoms with E-state index in [0.29, 0.717) is 6.07 Å². The van der Waals surface area contributed by atoms with Crippen LogP contribution in [-0.2, 0) is 6.18 Å². The number of aliphatic hydroxyl groups is 1. The molecular formula is C12H15F4NO. The number of hydrogen-bond acceptors (Lipinski definition) is 2. The summed E-state index contributed by atoms with van der Waals surface area (Å²) >= 11 is 0. The molecule has 6 heteroatoms. The van der Waals surface area contributed by atoms with Crippen LogP contribution in [0.1, 0.15) is 26.3 Å². The van der Waals surface area contributed by atoms with Gasteiger partial charge in [0.2, 0.25) is 0 Å². The smallest absolute Gasteiger partial charge is 0.388 e. The Bertz CT molecular complexity index is 423. The zero-order valence-electron chi connectivity index (χ0n) is 10.3. The van der Waals surface area contributed by atoms with Crippen molar-refractivity contribution in [3.05, 3.63) is 29.6 Å². The largest absolute Gasteiger partial charge is 0.419 e. The van der Waals surface area contributed by atoms with Crippen molar-refractivity contribution in [2.75, 3.05) is 5.32 Å². The number of rotatable bonds is 3. The summed E-state index contributed by atoms with van der Waals surface area (Å²) in [4.78, 5) is 0. The average Bonchev–Trinajstić information content (AvgIpc) is 2.17. The maximum Gasteiger partial charge on any atom is 0.419 e. The molecule has 0 heterocycles. The highest BCUT2D eigenvalue weighted by molar-refractivity contribution is 5.48. The third kappa shape index (κ3) is 3.60. The topological polar surface area (TPSA) is 32.3 Å². The third-order valence-corrected chi connectivity index (χ3v) is 2.71. The first-order valence-electron chi connectivity index (χ1n) is 5.37. The van der Waals surface area contributed by atoms with Crippen molar-refractivity contribution in [3.8, 4) is 0 Å². The maximum atomic E-state index is 13.0. The van der Waals surface area contributed by atoms with E-state index in [-0.39, 0.29) is 5.69 Å². The fourth-order valence-electron chi connectivity index (χ4n) is 1.26. The summed E-state index contributed by atoms with van der Waals surface area (Å²) in [6, 6.07) is 2.16. The van der Waals surface area contributed by atoms with Gasteiger partial charge in [0, 0.05) is 5.69 Å². The number of halogens is 4. The fourth-order valence-corrected chi connectivity index (χ4v) is 1.26. The van der Waals surface area contributed by atoms with Gasteiger partial charge in [-0.3, -0.25) is 0 Å². The molecule has 0 aliphatic rings. The van der Waals surface area contributed by atoms with Crippen molar-refractivity contribution in [2.45, 2.75) is 38.6 Å². The van der Waals surface area contributed by atoms with E-state index in [2.05, 4.69) is 5.32 Å². The van der Waals surface area contributed by atoms with Gasteiger partial charge in [0.05, 0.1) is 17.2 Å². The van der Waals surface area contributed by atoms with E-state index in [1.165, 1.54) is 19.9 Å². The zero-order valence-corrected chi connectivity index (χ0v) is 10.3. The number of hydrogen-bond donors (Lipinski definition) is 2. The molecule has 102 valence electrons. The molecule has 1 aromatic carbocycles. The molecule has 1 rings (SSSR count). The Kier molecular flexibility index (Phi) is 3.90. The van der Waals surface area contributed by atoms with Gasteiger partial charge in [-0.2, -0.15) is 13.2 Å². The van der Waals surface area contributed by atoms with Gasteiger partial charge in [0.1, 0.15) is 5.82 Å². The Hall–Kier alpha value is -1.30. The summed E-state index contributed by atoms with van der Waals surface area (Å²) in [5.74, 6) is -1.32. The predicted octanol–water partition coefficient (Wildman–Crippen LogP) is 3.42. The van der Waals surface area contributed by atoms with Gasteiger partial charge < -0.3 is 10.4 Å². The zero-order chi connectivity index (χ0) is 14.1. The second-order valence-corrected chi connectivity index (χ2v) is 4.71. The normalized spacial score (nSPS) is 14.4. The Balaban J connectivity index is 3.00. The van der Waals surface area contributed by atoms with Gasteiger partial charge in [-0.1, -0.05) is 0 Å². The van der Waals surface area contributed by atoms with Crippen molar-refractivity contribution in [1.82, 2.24) is 0 Å². The van der Waals surface area contributed by atoms with Crippen LogP contribution in [0, 0.1) is 5.82 Å². The van der Waals surface area contributed by atoms with Crippen molar-refractivity contribution in [2.24, 2.45) is 0 Å². The van der Waals surface area contributed by atoms with Crippen LogP contribution in [0.2, 0.25) is 0 Å². The molecule has 2 nitrogen and oxygen atoms in total. The molecule has 2 N–H and O–H groups in total. The lowest BCUT2D eigenvalue weighted by Gasteiger charge is -2.28. The van der Waals surface area contributed by atoms with Crippen LogP contribution in [0.3, 0.4) is 0 Å². The second-order valence-electron chi connectivity index (χ2n) is 4.71. The third-order valence-electron chi connectivity index (χ3n) is 2.71. The molecule has 0 bridgehead atoms. The summed E-state index contributed by atoms with van der Waals surface area (Å²) in [5.41, 5.74) is -2.32. The number of alkyl halides is 3. The molecule has 0 fully saturated rings. The fraction of sp³-hybridized carbons (Fsp3) is 0.500. The van der Waals surface area contributed by atoms with Gasteiger partial charge in [-0.25, -0.2) is 4.39 Å². The van der Waals surface area contributed by atoms with E-state index >= 15 is 0 Å². The SMILES string of the molecule is CC(Nc1ccc(F)c(C(F)(F)F)c1)C(C)(C)O. The lowest BCUT2D eigenvalue weighted by Crippen LogP contribution is -2.39. The van der Waals surface area contributed by atoms with Crippen LogP contribution in [0.5, 0.6) is 0 Å². The summed E-state index contributed by atoms with van der Waals surface area (Å²) in [6.07, 6.45) is -4.74. The van der Waals surface area contributed by atoms with Crippen LogP contribution >= 0.6 is 0 Å². The molecule has 1 atom stereocenters. The van der Waals surface area contributed by atoms with Gasteiger partial charge >= 0.3 is 6.18 Å². The molecule has 0 spiro atoms. The van der Waals surface area contributed by atoms with E-state index < -0.39 is 29.2 Å². The lowest BCUT2D eigenvalue weighted by molar-refractivity contribution is -0.139. The van der Waals surface area contributed by atoms with Gasteiger partial charge in [-0.05, 0) is 39.0 Å². The monoisotopic (exact) mass is 265 g/mol. The molecule has 0 amide bonds. The van der Waals surface area contributed by atoms with Crippen LogP contribution in [0.25, 0.3) is 0 Å². The average molecular weight is 265 g/mol. The molecule has 0 saturated carbocycles. The first-order chi connectivity index (χ1) is 8.01. The Morgan fingerprint density at radius 3 is 2.22 bits per heavy atom. The quantitative estimate of drug-likeness (QED) is 0.821. The molecule has 1 aromatic rings. The first-order valence-corrected chi connectivity index (χ1v) is 5.37. The van der Waals surface area contributed by atoms with E-state index in [1.54, 1.807) is 6.92 Å². The van der Waals surface area contributed by atoms with E-state index in [0.717, 1.165) is 6.07 Å². The van der Waals surface area contributed by atoms with E-state index in [9.17, 15) is 22.7 Å². The van der Waals surface area contributed by atoms with E-state index in [1.807, 2.05) is 0 Å². The standard InChI is InChI=1S/C12H15F4NO/c1-7(11(2,3)18)17-8-4-5-10(13)9(6-8)12(14,15)16/h4-7,17-18H,1-3H3. The molecule has 0 aliphatic carbocycles. The van der Waals surface area contributed by atoms with Crippen LogP contribution in [-0.4, -0.2) is 16.7 Å². The molecular weight excluding hydrogens is 250 g/mol. The Morgan fingerprint density at radius 1 is 1.22 bits per heavy atom. The number of nitrogens with one attached hydrogen (secondary N) is 1. The lowest BCUT2D eigenvalue weighted by atomic mass is 10.0. The first kappa shape index (κ1) is 14.8. The van der Waals surface area contributed by atoms with Crippen molar-refractivity contribution >= 4 is 5.69 Å². The Morgan fingerprint density at radius 2 is 1.78 bits per heavy atom. The predicted molar refractivity (Wildman–Crippen MR) is 60.8 cm³/mol. The number of anilines is 1. The second kappa shape index (κ2) is 4.76. The van der Waals surface area contributed by atoms with Crippen LogP contribution in [0.4, 0.5) is 23.2 Å². The minimum atomic E-state index is -4.74. The van der Waals surface area contributed by atoms with Gasteiger partial charge in [-0.15, -0.1) is 0 Å². The molecule has 1 unspecified atom stereocenters. The number of benzene rings is 1. The van der Waals surface area contributed by atoms with E-state index in [4.69, 9.17) is 0 Å². The highest BCUT2D eigenvalue weighted by atomic mass is 19.4. The minimum Gasteiger partial charge on any atom is -0.388 e. The van der Waals surface area contributed by atoms with Crippen molar-refractivity contribution in [1.29, 1.82) is 0 Å². The highest BCUT2D eigenvalue weighted by Gasteiger charge is 2.34. The summed E-state index contributed by atoms with van der Waals surface area (Å²) in [7, 11) is 0.